The van der Waals surface area contributed by atoms with Gasteiger partial charge in [0.2, 0.25) is 14.0 Å². The van der Waals surface area contributed by atoms with E-state index in [1.165, 1.54) is 0 Å². The van der Waals surface area contributed by atoms with Crippen LogP contribution in [0.4, 0.5) is 11.8 Å². The minimum Gasteiger partial charge on any atom is -0.496 e. The number of rotatable bonds is 9. The van der Waals surface area contributed by atoms with Gasteiger partial charge in [0.1, 0.15) is 11.3 Å². The van der Waals surface area contributed by atoms with Crippen molar-refractivity contribution >= 4 is 36.1 Å². The summed E-state index contributed by atoms with van der Waals surface area (Å²) >= 11 is 0. The third-order valence-corrected chi connectivity index (χ3v) is 5.37. The quantitative estimate of drug-likeness (QED) is 0.372. The van der Waals surface area contributed by atoms with E-state index in [-0.39, 0.29) is 5.95 Å². The molecule has 1 atom stereocenters. The van der Waals surface area contributed by atoms with Gasteiger partial charge in [-0.2, -0.15) is 4.98 Å². The number of nitrogens with zero attached hydrogens (tertiary/aromatic N) is 3. The van der Waals surface area contributed by atoms with Gasteiger partial charge in [0.05, 0.1) is 19.2 Å². The van der Waals surface area contributed by atoms with Gasteiger partial charge in [0.25, 0.3) is 0 Å². The van der Waals surface area contributed by atoms with Crippen LogP contribution in [-0.2, 0) is 11.1 Å². The average Bonchev–Trinajstić information content (AvgIpc) is 3.07. The molecule has 0 bridgehead atoms. The molecule has 0 fully saturated rings. The van der Waals surface area contributed by atoms with Crippen LogP contribution in [0, 0.1) is 0 Å². The second kappa shape index (κ2) is 9.08. The highest BCUT2D eigenvalue weighted by Crippen LogP contribution is 2.27. The smallest absolute Gasteiger partial charge is 0.222 e. The maximum Gasteiger partial charge on any atom is 0.222 e. The summed E-state index contributed by atoms with van der Waals surface area (Å²) in [6.45, 7) is 3.41. The number of nitrogens with one attached hydrogen (secondary N) is 1. The normalized spacial score (nSPS) is 12.2. The molecule has 3 rings (SSSR count). The minimum absolute atomic E-state index is 0.224. The molecule has 0 aliphatic heterocycles. The largest absolute Gasteiger partial charge is 0.496 e. The number of benzene rings is 1. The molecule has 2 aromatic heterocycles. The summed E-state index contributed by atoms with van der Waals surface area (Å²) in [5, 5.41) is 3.76. The average molecular weight is 403 g/mol. The van der Waals surface area contributed by atoms with Crippen LogP contribution in [0.15, 0.2) is 30.5 Å². The molecule has 8 nitrogen and oxygen atoms in total. The van der Waals surface area contributed by atoms with E-state index in [1.54, 1.807) is 25.3 Å². The Labute approximate surface area is 164 Å². The van der Waals surface area contributed by atoms with Crippen molar-refractivity contribution in [2.24, 2.45) is 0 Å². The van der Waals surface area contributed by atoms with E-state index in [9.17, 15) is 9.46 Å². The molecule has 0 saturated carbocycles. The number of aromatic nitrogens is 3. The predicted molar refractivity (Wildman–Crippen MR) is 113 cm³/mol. The van der Waals surface area contributed by atoms with E-state index in [0.717, 1.165) is 42.4 Å². The Bertz CT molecular complexity index is 989. The molecule has 0 amide bonds. The van der Waals surface area contributed by atoms with Gasteiger partial charge in [-0.15, -0.1) is 0 Å². The van der Waals surface area contributed by atoms with E-state index in [1.807, 2.05) is 16.8 Å². The molecule has 0 aliphatic rings. The van der Waals surface area contributed by atoms with Crippen LogP contribution in [0.3, 0.4) is 0 Å². The minimum atomic E-state index is -2.78. The predicted octanol–water partition coefficient (Wildman–Crippen LogP) is 2.76. The van der Waals surface area contributed by atoms with E-state index >= 15 is 0 Å². The van der Waals surface area contributed by atoms with E-state index in [4.69, 9.17) is 10.5 Å². The molecular formula is C19H26N5O3P. The fraction of sp³-hybridized carbons (Fsp3) is 0.368. The van der Waals surface area contributed by atoms with Crippen LogP contribution < -0.4 is 21.1 Å². The molecule has 28 heavy (non-hydrogen) atoms. The number of hydrogen-bond donors (Lipinski definition) is 3. The molecule has 9 heteroatoms. The number of nitrogen functional groups attached to an aromatic ring is 1. The fourth-order valence-corrected chi connectivity index (χ4v) is 3.70. The van der Waals surface area contributed by atoms with Crippen molar-refractivity contribution in [3.63, 3.8) is 0 Å². The second-order valence-electron chi connectivity index (χ2n) is 6.57. The molecule has 4 N–H and O–H groups in total. The number of nitrogens with two attached hydrogens (primary N) is 1. The van der Waals surface area contributed by atoms with Crippen LogP contribution >= 0.6 is 8.03 Å². The first-order valence-corrected chi connectivity index (χ1v) is 10.7. The highest BCUT2D eigenvalue weighted by Gasteiger charge is 2.14. The standard InChI is InChI=1S/C19H26N5O3P/c1-3-4-5-9-21-18-17-15(22-19(20)23-18)8-10-24(17)12-13-11-14(28(25)26)6-7-16(13)27-2/h6-8,10-11,28H,3-5,9,12H2,1-2H3,(H,25,26)(H3,20,21,22,23). The molecule has 0 aliphatic carbocycles. The molecule has 0 radical (unpaired) electrons. The highest BCUT2D eigenvalue weighted by atomic mass is 31.1. The van der Waals surface area contributed by atoms with Gasteiger partial charge >= 0.3 is 0 Å². The Morgan fingerprint density at radius 1 is 1.29 bits per heavy atom. The SMILES string of the molecule is CCCCCNc1nc(N)nc2ccn(Cc3cc([PH](=O)O)ccc3OC)c12. The van der Waals surface area contributed by atoms with E-state index in [0.29, 0.717) is 23.4 Å². The lowest BCUT2D eigenvalue weighted by Gasteiger charge is -2.14. The first-order valence-electron chi connectivity index (χ1n) is 9.30. The Kier molecular flexibility index (Phi) is 6.54. The maximum atomic E-state index is 11.5. The maximum absolute atomic E-state index is 11.5. The number of anilines is 2. The molecular weight excluding hydrogens is 377 g/mol. The molecule has 2 heterocycles. The zero-order valence-corrected chi connectivity index (χ0v) is 17.1. The summed E-state index contributed by atoms with van der Waals surface area (Å²) in [5.74, 6) is 1.57. The van der Waals surface area contributed by atoms with Crippen molar-refractivity contribution in [2.45, 2.75) is 32.7 Å². The van der Waals surface area contributed by atoms with Crippen molar-refractivity contribution in [1.82, 2.24) is 14.5 Å². The van der Waals surface area contributed by atoms with Gasteiger partial charge in [-0.3, -0.25) is 4.57 Å². The molecule has 0 spiro atoms. The van der Waals surface area contributed by atoms with E-state index < -0.39 is 8.03 Å². The van der Waals surface area contributed by atoms with Crippen molar-refractivity contribution in [3.05, 3.63) is 36.0 Å². The second-order valence-corrected chi connectivity index (χ2v) is 7.76. The molecule has 0 saturated heterocycles. The number of fused-ring (bicyclic) bond motifs is 1. The lowest BCUT2D eigenvalue weighted by Crippen LogP contribution is -2.10. The zero-order valence-electron chi connectivity index (χ0n) is 16.1. The van der Waals surface area contributed by atoms with Crippen molar-refractivity contribution in [1.29, 1.82) is 0 Å². The summed E-state index contributed by atoms with van der Waals surface area (Å²) in [5.41, 5.74) is 8.26. The van der Waals surface area contributed by atoms with Crippen molar-refractivity contribution < 1.29 is 14.2 Å². The lowest BCUT2D eigenvalue weighted by molar-refractivity contribution is 0.408. The Morgan fingerprint density at radius 2 is 2.11 bits per heavy atom. The summed E-state index contributed by atoms with van der Waals surface area (Å²) in [6, 6.07) is 6.92. The number of ether oxygens (including phenoxy) is 1. The number of methoxy groups -OCH3 is 1. The molecule has 150 valence electrons. The van der Waals surface area contributed by atoms with Gasteiger partial charge in [0, 0.05) is 23.6 Å². The Morgan fingerprint density at radius 3 is 2.82 bits per heavy atom. The van der Waals surface area contributed by atoms with Crippen molar-refractivity contribution in [3.8, 4) is 5.75 Å². The van der Waals surface area contributed by atoms with Gasteiger partial charge < -0.3 is 25.2 Å². The molecule has 3 aromatic rings. The summed E-state index contributed by atoms with van der Waals surface area (Å²) in [6.07, 6.45) is 5.24. The fourth-order valence-electron chi connectivity index (χ4n) is 3.18. The van der Waals surface area contributed by atoms with E-state index in [2.05, 4.69) is 22.2 Å². The van der Waals surface area contributed by atoms with Crippen LogP contribution in [0.5, 0.6) is 5.75 Å². The third kappa shape index (κ3) is 4.46. The van der Waals surface area contributed by atoms with Gasteiger partial charge in [-0.05, 0) is 30.7 Å². The number of hydrogen-bond acceptors (Lipinski definition) is 6. The topological polar surface area (TPSA) is 115 Å². The Hall–Kier alpha value is -2.57. The third-order valence-electron chi connectivity index (χ3n) is 4.57. The summed E-state index contributed by atoms with van der Waals surface area (Å²) in [7, 11) is -1.20. The zero-order chi connectivity index (χ0) is 20.1. The van der Waals surface area contributed by atoms with Crippen molar-refractivity contribution in [2.75, 3.05) is 24.7 Å². The first-order chi connectivity index (χ1) is 13.5. The molecule has 1 aromatic carbocycles. The Balaban J connectivity index is 1.97. The monoisotopic (exact) mass is 403 g/mol. The van der Waals surface area contributed by atoms with Crippen LogP contribution in [0.1, 0.15) is 31.7 Å². The number of unbranched alkanes of at least 4 members (excludes halogenated alkanes) is 2. The highest BCUT2D eigenvalue weighted by molar-refractivity contribution is 7.47. The van der Waals surface area contributed by atoms with Gasteiger partial charge in [-0.1, -0.05) is 19.8 Å². The lowest BCUT2D eigenvalue weighted by atomic mass is 10.2. The summed E-state index contributed by atoms with van der Waals surface area (Å²) < 4.78 is 18.9. The summed E-state index contributed by atoms with van der Waals surface area (Å²) in [4.78, 5) is 18.2. The molecule has 1 unspecified atom stereocenters. The first kappa shape index (κ1) is 20.2. The van der Waals surface area contributed by atoms with Crippen LogP contribution in [0.2, 0.25) is 0 Å². The van der Waals surface area contributed by atoms with Crippen LogP contribution in [-0.4, -0.2) is 33.1 Å². The van der Waals surface area contributed by atoms with Crippen LogP contribution in [0.25, 0.3) is 11.0 Å². The van der Waals surface area contributed by atoms with Gasteiger partial charge in [0.15, 0.2) is 5.82 Å². The van der Waals surface area contributed by atoms with Gasteiger partial charge in [-0.25, -0.2) is 4.98 Å².